The minimum absolute atomic E-state index is 0.193. The summed E-state index contributed by atoms with van der Waals surface area (Å²) in [6.07, 6.45) is 1.31. The third-order valence-electron chi connectivity index (χ3n) is 2.30. The summed E-state index contributed by atoms with van der Waals surface area (Å²) >= 11 is 0. The number of hydrogen-bond donors (Lipinski definition) is 1. The van der Waals surface area contributed by atoms with Crippen molar-refractivity contribution >= 4 is 5.78 Å². The first kappa shape index (κ1) is 10.5. The Morgan fingerprint density at radius 1 is 1.12 bits per heavy atom. The number of nitrogens with one attached hydrogen (secondary N) is 1. The Hall–Kier alpha value is -1.97. The van der Waals surface area contributed by atoms with Gasteiger partial charge in [0.05, 0.1) is 5.69 Å². The smallest absolute Gasteiger partial charge is 0.183 e. The van der Waals surface area contributed by atoms with Gasteiger partial charge >= 0.3 is 0 Å². The van der Waals surface area contributed by atoms with Crippen LogP contribution in [0.2, 0.25) is 0 Å². The number of halogens is 2. The Balaban J connectivity index is 2.25. The standard InChI is InChI=1S/C12H9F2NO/c13-9-3-1-4-10(14)8(9)7-12(16)11-5-2-6-15-11/h1-6,15H,7H2. The Morgan fingerprint density at radius 3 is 2.38 bits per heavy atom. The van der Waals surface area contributed by atoms with E-state index in [0.717, 1.165) is 12.1 Å². The van der Waals surface area contributed by atoms with Crippen LogP contribution < -0.4 is 0 Å². The molecule has 0 saturated heterocycles. The van der Waals surface area contributed by atoms with Gasteiger partial charge in [0.2, 0.25) is 0 Å². The molecule has 2 nitrogen and oxygen atoms in total. The predicted molar refractivity (Wildman–Crippen MR) is 55.2 cm³/mol. The fourth-order valence-electron chi connectivity index (χ4n) is 1.46. The van der Waals surface area contributed by atoms with Crippen LogP contribution in [0.3, 0.4) is 0 Å². The minimum Gasteiger partial charge on any atom is -0.359 e. The molecular weight excluding hydrogens is 212 g/mol. The third kappa shape index (κ3) is 2.00. The second kappa shape index (κ2) is 4.26. The molecule has 16 heavy (non-hydrogen) atoms. The van der Waals surface area contributed by atoms with Crippen molar-refractivity contribution in [2.45, 2.75) is 6.42 Å². The molecule has 2 rings (SSSR count). The number of Topliss-reactive ketones (excluding diaryl/α,β-unsaturated/α-hetero) is 1. The number of carbonyl (C=O) groups excluding carboxylic acids is 1. The van der Waals surface area contributed by atoms with Crippen molar-refractivity contribution < 1.29 is 13.6 Å². The van der Waals surface area contributed by atoms with Gasteiger partial charge in [-0.3, -0.25) is 4.79 Å². The average molecular weight is 221 g/mol. The van der Waals surface area contributed by atoms with Gasteiger partial charge in [-0.05, 0) is 24.3 Å². The van der Waals surface area contributed by atoms with Gasteiger partial charge in [0.15, 0.2) is 5.78 Å². The molecule has 0 fully saturated rings. The highest BCUT2D eigenvalue weighted by molar-refractivity contribution is 5.95. The van der Waals surface area contributed by atoms with E-state index in [9.17, 15) is 13.6 Å². The second-order valence-corrected chi connectivity index (χ2v) is 3.38. The van der Waals surface area contributed by atoms with E-state index in [1.807, 2.05) is 0 Å². The van der Waals surface area contributed by atoms with Crippen molar-refractivity contribution in [3.05, 3.63) is 59.4 Å². The van der Waals surface area contributed by atoms with Gasteiger partial charge in [-0.15, -0.1) is 0 Å². The predicted octanol–water partition coefficient (Wildman–Crippen LogP) is 2.72. The molecule has 0 bridgehead atoms. The molecule has 0 aliphatic rings. The van der Waals surface area contributed by atoms with Crippen molar-refractivity contribution in [3.8, 4) is 0 Å². The van der Waals surface area contributed by atoms with Crippen LogP contribution in [-0.2, 0) is 6.42 Å². The lowest BCUT2D eigenvalue weighted by Gasteiger charge is -2.02. The molecule has 1 heterocycles. The molecule has 0 amide bonds. The van der Waals surface area contributed by atoms with Crippen LogP contribution in [0.4, 0.5) is 8.78 Å². The molecular formula is C12H9F2NO. The van der Waals surface area contributed by atoms with Crippen LogP contribution in [0.5, 0.6) is 0 Å². The first-order chi connectivity index (χ1) is 7.68. The Labute approximate surface area is 90.9 Å². The van der Waals surface area contributed by atoms with Gasteiger partial charge in [0.25, 0.3) is 0 Å². The van der Waals surface area contributed by atoms with E-state index in [1.54, 1.807) is 18.3 Å². The van der Waals surface area contributed by atoms with E-state index in [2.05, 4.69) is 4.98 Å². The highest BCUT2D eigenvalue weighted by Crippen LogP contribution is 2.14. The fourth-order valence-corrected chi connectivity index (χ4v) is 1.46. The Kier molecular flexibility index (Phi) is 2.81. The van der Waals surface area contributed by atoms with Gasteiger partial charge in [-0.25, -0.2) is 8.78 Å². The van der Waals surface area contributed by atoms with Gasteiger partial charge in [-0.2, -0.15) is 0 Å². The van der Waals surface area contributed by atoms with Crippen molar-refractivity contribution in [1.29, 1.82) is 0 Å². The maximum absolute atomic E-state index is 13.3. The summed E-state index contributed by atoms with van der Waals surface area (Å²) in [6, 6.07) is 6.78. The fraction of sp³-hybridized carbons (Fsp3) is 0.0833. The molecule has 0 atom stereocenters. The highest BCUT2D eigenvalue weighted by atomic mass is 19.1. The minimum atomic E-state index is -0.695. The number of carbonyl (C=O) groups is 1. The lowest BCUT2D eigenvalue weighted by Crippen LogP contribution is -2.07. The zero-order valence-electron chi connectivity index (χ0n) is 8.34. The first-order valence-electron chi connectivity index (χ1n) is 4.78. The normalized spacial score (nSPS) is 10.4. The van der Waals surface area contributed by atoms with Crippen LogP contribution in [0, 0.1) is 11.6 Å². The zero-order chi connectivity index (χ0) is 11.5. The lowest BCUT2D eigenvalue weighted by atomic mass is 10.1. The van der Waals surface area contributed by atoms with Crippen molar-refractivity contribution in [2.24, 2.45) is 0 Å². The van der Waals surface area contributed by atoms with E-state index in [1.165, 1.54) is 6.07 Å². The van der Waals surface area contributed by atoms with Crippen LogP contribution in [0.15, 0.2) is 36.5 Å². The van der Waals surface area contributed by atoms with E-state index in [0.29, 0.717) is 5.69 Å². The largest absolute Gasteiger partial charge is 0.359 e. The summed E-state index contributed by atoms with van der Waals surface area (Å²) in [7, 11) is 0. The third-order valence-corrected chi connectivity index (χ3v) is 2.30. The van der Waals surface area contributed by atoms with Crippen LogP contribution >= 0.6 is 0 Å². The lowest BCUT2D eigenvalue weighted by molar-refractivity contribution is 0.0986. The van der Waals surface area contributed by atoms with Gasteiger partial charge < -0.3 is 4.98 Å². The van der Waals surface area contributed by atoms with E-state index < -0.39 is 11.6 Å². The maximum Gasteiger partial charge on any atom is 0.183 e. The summed E-state index contributed by atoms with van der Waals surface area (Å²) in [5.41, 5.74) is 0.157. The quantitative estimate of drug-likeness (QED) is 0.794. The Bertz CT molecular complexity index is 485. The molecule has 2 aromatic rings. The summed E-state index contributed by atoms with van der Waals surface area (Å²) in [4.78, 5) is 14.3. The number of aromatic nitrogens is 1. The summed E-state index contributed by atoms with van der Waals surface area (Å²) < 4.78 is 26.5. The molecule has 0 spiro atoms. The van der Waals surface area contributed by atoms with Gasteiger partial charge in [0.1, 0.15) is 11.6 Å². The molecule has 1 aromatic heterocycles. The summed E-state index contributed by atoms with van der Waals surface area (Å²) in [5.74, 6) is -1.73. The topological polar surface area (TPSA) is 32.9 Å². The SMILES string of the molecule is O=C(Cc1c(F)cccc1F)c1ccc[nH]1. The van der Waals surface area contributed by atoms with Crippen LogP contribution in [0.25, 0.3) is 0 Å². The number of rotatable bonds is 3. The number of benzene rings is 1. The van der Waals surface area contributed by atoms with Crippen molar-refractivity contribution in [2.75, 3.05) is 0 Å². The van der Waals surface area contributed by atoms with Crippen molar-refractivity contribution in [3.63, 3.8) is 0 Å². The monoisotopic (exact) mass is 221 g/mol. The number of hydrogen-bond acceptors (Lipinski definition) is 1. The highest BCUT2D eigenvalue weighted by Gasteiger charge is 2.14. The molecule has 4 heteroatoms. The van der Waals surface area contributed by atoms with Crippen LogP contribution in [0.1, 0.15) is 16.1 Å². The molecule has 0 unspecified atom stereocenters. The number of ketones is 1. The van der Waals surface area contributed by atoms with E-state index in [4.69, 9.17) is 0 Å². The number of H-pyrrole nitrogens is 1. The molecule has 0 aliphatic carbocycles. The molecule has 82 valence electrons. The molecule has 0 radical (unpaired) electrons. The van der Waals surface area contributed by atoms with Crippen molar-refractivity contribution in [1.82, 2.24) is 4.98 Å². The number of aromatic amines is 1. The zero-order valence-corrected chi connectivity index (χ0v) is 8.34. The van der Waals surface area contributed by atoms with Crippen LogP contribution in [-0.4, -0.2) is 10.8 Å². The Morgan fingerprint density at radius 2 is 1.81 bits per heavy atom. The summed E-state index contributed by atoms with van der Waals surface area (Å²) in [6.45, 7) is 0. The van der Waals surface area contributed by atoms with E-state index in [-0.39, 0.29) is 17.8 Å². The molecule has 1 N–H and O–H groups in total. The molecule has 0 saturated carbocycles. The summed E-state index contributed by atoms with van der Waals surface area (Å²) in [5, 5.41) is 0. The molecule has 0 aliphatic heterocycles. The van der Waals surface area contributed by atoms with E-state index >= 15 is 0 Å². The van der Waals surface area contributed by atoms with Gasteiger partial charge in [0, 0.05) is 18.2 Å². The average Bonchev–Trinajstić information content (AvgIpc) is 2.76. The second-order valence-electron chi connectivity index (χ2n) is 3.38. The van der Waals surface area contributed by atoms with Gasteiger partial charge in [-0.1, -0.05) is 6.07 Å². The molecule has 1 aromatic carbocycles. The first-order valence-corrected chi connectivity index (χ1v) is 4.78. The maximum atomic E-state index is 13.3.